The van der Waals surface area contributed by atoms with E-state index in [0.29, 0.717) is 17.9 Å². The summed E-state index contributed by atoms with van der Waals surface area (Å²) in [4.78, 5) is 14.2. The molecule has 5 heteroatoms. The molecule has 0 unspecified atom stereocenters. The number of nitrogens with zero attached hydrogens (tertiary/aromatic N) is 1. The number of benzene rings is 1. The van der Waals surface area contributed by atoms with Crippen molar-refractivity contribution in [1.82, 2.24) is 4.90 Å². The molecular weight excluding hydrogens is 306 g/mol. The monoisotopic (exact) mass is 331 g/mol. The normalized spacial score (nSPS) is 29.0. The van der Waals surface area contributed by atoms with Crippen molar-refractivity contribution in [2.45, 2.75) is 31.3 Å². The van der Waals surface area contributed by atoms with Crippen LogP contribution in [0.4, 0.5) is 0 Å². The number of allylic oxidation sites excluding steroid dienone is 1. The van der Waals surface area contributed by atoms with Crippen molar-refractivity contribution in [1.29, 1.82) is 0 Å². The third kappa shape index (κ3) is 2.47. The molecule has 0 aromatic heterocycles. The molecule has 0 radical (unpaired) electrons. The third-order valence-electron chi connectivity index (χ3n) is 5.54. The van der Waals surface area contributed by atoms with Gasteiger partial charge in [0, 0.05) is 30.6 Å². The van der Waals surface area contributed by atoms with Crippen molar-refractivity contribution in [2.24, 2.45) is 5.92 Å². The van der Waals surface area contributed by atoms with Gasteiger partial charge in [-0.2, -0.15) is 0 Å². The summed E-state index contributed by atoms with van der Waals surface area (Å²) in [6.07, 6.45) is 2.68. The predicted molar refractivity (Wildman–Crippen MR) is 91.3 cm³/mol. The van der Waals surface area contributed by atoms with E-state index in [-0.39, 0.29) is 17.1 Å². The van der Waals surface area contributed by atoms with Crippen LogP contribution < -0.4 is 9.47 Å². The Labute approximate surface area is 142 Å². The summed E-state index contributed by atoms with van der Waals surface area (Å²) in [5.41, 5.74) is 1.94. The van der Waals surface area contributed by atoms with Gasteiger partial charge >= 0.3 is 0 Å². The number of likely N-dealkylation sites (N-methyl/N-ethyl adjacent to an activating group) is 1. The van der Waals surface area contributed by atoms with E-state index in [9.17, 15) is 9.90 Å². The molecule has 3 atom stereocenters. The molecule has 0 bridgehead atoms. The van der Waals surface area contributed by atoms with Crippen molar-refractivity contribution in [3.8, 4) is 11.5 Å². The van der Waals surface area contributed by atoms with E-state index in [0.717, 1.165) is 24.2 Å². The molecule has 0 saturated carbocycles. The fourth-order valence-corrected chi connectivity index (χ4v) is 4.17. The summed E-state index contributed by atoms with van der Waals surface area (Å²) >= 11 is 0. The Bertz CT molecular complexity index is 684. The van der Waals surface area contributed by atoms with E-state index in [4.69, 9.17) is 9.47 Å². The fourth-order valence-electron chi connectivity index (χ4n) is 4.17. The Kier molecular flexibility index (Phi) is 4.30. The lowest BCUT2D eigenvalue weighted by molar-refractivity contribution is -0.124. The molecule has 1 heterocycles. The first-order chi connectivity index (χ1) is 11.4. The molecule has 3 rings (SSSR count). The SMILES string of the molecule is COc1ccc([C@]23CCN(C)C2=C[C@@H](O)[C@H](C(C)=O)C3)cc1OC. The van der Waals surface area contributed by atoms with Gasteiger partial charge < -0.3 is 19.5 Å². The molecule has 1 aliphatic carbocycles. The van der Waals surface area contributed by atoms with E-state index >= 15 is 0 Å². The highest BCUT2D eigenvalue weighted by Gasteiger charge is 2.49. The lowest BCUT2D eigenvalue weighted by atomic mass is 9.65. The Morgan fingerprint density at radius 2 is 2.00 bits per heavy atom. The molecule has 1 N–H and O–H groups in total. The van der Waals surface area contributed by atoms with Crippen LogP contribution >= 0.6 is 0 Å². The first-order valence-corrected chi connectivity index (χ1v) is 8.27. The van der Waals surface area contributed by atoms with Crippen molar-refractivity contribution in [3.05, 3.63) is 35.5 Å². The number of hydrogen-bond acceptors (Lipinski definition) is 5. The number of hydrogen-bond donors (Lipinski definition) is 1. The van der Waals surface area contributed by atoms with Crippen molar-refractivity contribution in [3.63, 3.8) is 0 Å². The molecule has 0 spiro atoms. The van der Waals surface area contributed by atoms with Crippen LogP contribution in [0.2, 0.25) is 0 Å². The predicted octanol–water partition coefficient (Wildman–Crippen LogP) is 2.13. The molecule has 2 aliphatic rings. The lowest BCUT2D eigenvalue weighted by Crippen LogP contribution is -2.41. The fraction of sp³-hybridized carbons (Fsp3) is 0.526. The van der Waals surface area contributed by atoms with Crippen LogP contribution in [0, 0.1) is 5.92 Å². The molecule has 0 amide bonds. The number of carbonyl (C=O) groups is 1. The molecule has 1 aliphatic heterocycles. The minimum Gasteiger partial charge on any atom is -0.493 e. The van der Waals surface area contributed by atoms with Crippen molar-refractivity contribution >= 4 is 5.78 Å². The number of ketones is 1. The van der Waals surface area contributed by atoms with Gasteiger partial charge in [0.1, 0.15) is 5.78 Å². The highest BCUT2D eigenvalue weighted by atomic mass is 16.5. The summed E-state index contributed by atoms with van der Waals surface area (Å²) in [7, 11) is 5.28. The Hall–Kier alpha value is -2.01. The molecule has 1 aromatic rings. The molecule has 5 nitrogen and oxygen atoms in total. The van der Waals surface area contributed by atoms with Crippen LogP contribution in [-0.4, -0.2) is 49.7 Å². The van der Waals surface area contributed by atoms with Crippen LogP contribution in [0.15, 0.2) is 30.0 Å². The Morgan fingerprint density at radius 1 is 1.29 bits per heavy atom. The maximum absolute atomic E-state index is 12.0. The first kappa shape index (κ1) is 16.8. The van der Waals surface area contributed by atoms with Crippen LogP contribution in [0.5, 0.6) is 11.5 Å². The topological polar surface area (TPSA) is 59.0 Å². The summed E-state index contributed by atoms with van der Waals surface area (Å²) in [6, 6.07) is 5.96. The number of aliphatic hydroxyl groups excluding tert-OH is 1. The van der Waals surface area contributed by atoms with E-state index < -0.39 is 6.10 Å². The lowest BCUT2D eigenvalue weighted by Gasteiger charge is -2.40. The summed E-state index contributed by atoms with van der Waals surface area (Å²) < 4.78 is 10.8. The van der Waals surface area contributed by atoms with Crippen LogP contribution in [0.25, 0.3) is 0 Å². The van der Waals surface area contributed by atoms with Crippen LogP contribution in [0.1, 0.15) is 25.3 Å². The second-order valence-corrected chi connectivity index (χ2v) is 6.79. The highest BCUT2D eigenvalue weighted by molar-refractivity contribution is 5.80. The zero-order valence-electron chi connectivity index (χ0n) is 14.7. The van der Waals surface area contributed by atoms with Gasteiger partial charge in [0.15, 0.2) is 11.5 Å². The van der Waals surface area contributed by atoms with Crippen molar-refractivity contribution in [2.75, 3.05) is 27.8 Å². The maximum Gasteiger partial charge on any atom is 0.161 e. The summed E-state index contributed by atoms with van der Waals surface area (Å²) in [6.45, 7) is 2.46. The number of Topliss-reactive ketones (excluding diaryl/α,β-unsaturated/α-hetero) is 1. The second-order valence-electron chi connectivity index (χ2n) is 6.79. The van der Waals surface area contributed by atoms with E-state index in [2.05, 4.69) is 4.90 Å². The van der Waals surface area contributed by atoms with E-state index in [1.807, 2.05) is 31.3 Å². The van der Waals surface area contributed by atoms with Gasteiger partial charge in [-0.3, -0.25) is 4.79 Å². The minimum atomic E-state index is -0.716. The average Bonchev–Trinajstić information content (AvgIpc) is 2.91. The number of fused-ring (bicyclic) bond motifs is 1. The molecule has 1 fully saturated rings. The quantitative estimate of drug-likeness (QED) is 0.916. The Morgan fingerprint density at radius 3 is 2.62 bits per heavy atom. The van der Waals surface area contributed by atoms with Gasteiger partial charge in [-0.15, -0.1) is 0 Å². The maximum atomic E-state index is 12.0. The van der Waals surface area contributed by atoms with Gasteiger partial charge in [-0.25, -0.2) is 0 Å². The average molecular weight is 331 g/mol. The van der Waals surface area contributed by atoms with E-state index in [1.165, 1.54) is 0 Å². The number of ether oxygens (including phenoxy) is 2. The molecule has 1 aromatic carbocycles. The van der Waals surface area contributed by atoms with Gasteiger partial charge in [-0.05, 0) is 43.5 Å². The summed E-state index contributed by atoms with van der Waals surface area (Å²) in [5.74, 6) is 1.04. The van der Waals surface area contributed by atoms with Gasteiger partial charge in [0.05, 0.1) is 20.3 Å². The molecule has 130 valence electrons. The Balaban J connectivity index is 2.12. The summed E-state index contributed by atoms with van der Waals surface area (Å²) in [5, 5.41) is 10.4. The van der Waals surface area contributed by atoms with Crippen LogP contribution in [0.3, 0.4) is 0 Å². The van der Waals surface area contributed by atoms with Gasteiger partial charge in [0.2, 0.25) is 0 Å². The first-order valence-electron chi connectivity index (χ1n) is 8.27. The molecular formula is C19H25NO4. The number of rotatable bonds is 4. The second kappa shape index (κ2) is 6.13. The van der Waals surface area contributed by atoms with Crippen molar-refractivity contribution < 1.29 is 19.4 Å². The number of aliphatic hydroxyl groups is 1. The third-order valence-corrected chi connectivity index (χ3v) is 5.54. The minimum absolute atomic E-state index is 0.0344. The standard InChI is InChI=1S/C19H25NO4/c1-12(21)14-11-19(7-8-20(2)18(19)10-15(14)22)13-5-6-16(23-3)17(9-13)24-4/h5-6,9-10,14-15,22H,7-8,11H2,1-4H3/t14-,15+,19+/m0/s1. The zero-order chi connectivity index (χ0) is 17.5. The number of carbonyl (C=O) groups excluding carboxylic acids is 1. The smallest absolute Gasteiger partial charge is 0.161 e. The largest absolute Gasteiger partial charge is 0.493 e. The molecule has 24 heavy (non-hydrogen) atoms. The van der Waals surface area contributed by atoms with Gasteiger partial charge in [-0.1, -0.05) is 6.07 Å². The van der Waals surface area contributed by atoms with Crippen LogP contribution in [-0.2, 0) is 10.2 Å². The van der Waals surface area contributed by atoms with E-state index in [1.54, 1.807) is 21.1 Å². The number of methoxy groups -OCH3 is 2. The molecule has 1 saturated heterocycles. The zero-order valence-corrected chi connectivity index (χ0v) is 14.7. The highest BCUT2D eigenvalue weighted by Crippen LogP contribution is 2.51. The van der Waals surface area contributed by atoms with Gasteiger partial charge in [0.25, 0.3) is 0 Å². The number of likely N-dealkylation sites (tertiary alicyclic amines) is 1.